The molecule has 0 saturated carbocycles. The van der Waals surface area contributed by atoms with Crippen LogP contribution in [0.4, 0.5) is 17.6 Å². The molecule has 192 valence electrons. The molecule has 0 radical (unpaired) electrons. The number of ether oxygens (including phenoxy) is 1. The molecule has 0 spiro atoms. The van der Waals surface area contributed by atoms with E-state index in [2.05, 4.69) is 30.6 Å². The maximum Gasteiger partial charge on any atom is 0.232 e. The van der Waals surface area contributed by atoms with Gasteiger partial charge in [-0.3, -0.25) is 0 Å². The van der Waals surface area contributed by atoms with Crippen LogP contribution in [0.3, 0.4) is 0 Å². The van der Waals surface area contributed by atoms with Crippen molar-refractivity contribution >= 4 is 17.6 Å². The fraction of sp³-hybridized carbons (Fsp3) is 0.143. The number of aliphatic hydroxyl groups is 2. The Morgan fingerprint density at radius 1 is 0.921 bits per heavy atom. The number of oxazole rings is 1. The molecule has 5 rings (SSSR count). The Morgan fingerprint density at radius 3 is 2.34 bits per heavy atom. The third-order valence-corrected chi connectivity index (χ3v) is 5.86. The van der Waals surface area contributed by atoms with Crippen LogP contribution in [-0.2, 0) is 0 Å². The first kappa shape index (κ1) is 24.9. The topological polar surface area (TPSA) is 138 Å². The summed E-state index contributed by atoms with van der Waals surface area (Å²) < 4.78 is 11.0. The maximum absolute atomic E-state index is 10.9. The van der Waals surface area contributed by atoms with Gasteiger partial charge in [0.05, 0.1) is 31.5 Å². The molecule has 3 aromatic carbocycles. The van der Waals surface area contributed by atoms with E-state index in [0.29, 0.717) is 28.6 Å². The monoisotopic (exact) mass is 510 g/mol. The molecular formula is C28H26N6O4. The molecule has 10 heteroatoms. The number of aliphatic hydroxyl groups excluding tert-OH is 2. The third-order valence-electron chi connectivity index (χ3n) is 5.86. The van der Waals surface area contributed by atoms with Gasteiger partial charge in [0.15, 0.2) is 18.0 Å². The molecule has 0 fully saturated rings. The summed E-state index contributed by atoms with van der Waals surface area (Å²) >= 11 is 0. The summed E-state index contributed by atoms with van der Waals surface area (Å²) in [5, 5.41) is 27.2. The molecule has 0 aliphatic carbocycles. The minimum Gasteiger partial charge on any atom is -0.496 e. The molecule has 5 aromatic rings. The second kappa shape index (κ2) is 11.5. The van der Waals surface area contributed by atoms with Crippen LogP contribution >= 0.6 is 0 Å². The number of hydrogen-bond acceptors (Lipinski definition) is 10. The van der Waals surface area contributed by atoms with Crippen molar-refractivity contribution in [2.75, 3.05) is 24.4 Å². The van der Waals surface area contributed by atoms with Gasteiger partial charge >= 0.3 is 0 Å². The zero-order valence-electron chi connectivity index (χ0n) is 20.5. The number of benzene rings is 3. The van der Waals surface area contributed by atoms with Crippen LogP contribution in [0.1, 0.15) is 11.7 Å². The van der Waals surface area contributed by atoms with Gasteiger partial charge in [-0.2, -0.15) is 15.0 Å². The summed E-state index contributed by atoms with van der Waals surface area (Å²) in [7, 11) is 1.57. The lowest BCUT2D eigenvalue weighted by atomic mass is 10.0. The fourth-order valence-electron chi connectivity index (χ4n) is 3.94. The highest BCUT2D eigenvalue weighted by molar-refractivity contribution is 5.71. The van der Waals surface area contributed by atoms with Crippen molar-refractivity contribution in [3.8, 4) is 28.5 Å². The lowest BCUT2D eigenvalue weighted by Gasteiger charge is -2.23. The van der Waals surface area contributed by atoms with Crippen molar-refractivity contribution in [3.05, 3.63) is 97.0 Å². The normalized spacial score (nSPS) is 12.5. The van der Waals surface area contributed by atoms with E-state index in [9.17, 15) is 10.2 Å². The first-order valence-electron chi connectivity index (χ1n) is 11.9. The van der Waals surface area contributed by atoms with E-state index in [0.717, 1.165) is 11.1 Å². The summed E-state index contributed by atoms with van der Waals surface area (Å²) in [6.07, 6.45) is 1.99. The van der Waals surface area contributed by atoms with Gasteiger partial charge < -0.3 is 30.0 Å². The van der Waals surface area contributed by atoms with Crippen molar-refractivity contribution < 1.29 is 19.4 Å². The van der Waals surface area contributed by atoms with Crippen molar-refractivity contribution in [1.29, 1.82) is 0 Å². The number of methoxy groups -OCH3 is 1. The molecule has 10 nitrogen and oxygen atoms in total. The Bertz CT molecular complexity index is 1470. The van der Waals surface area contributed by atoms with Gasteiger partial charge in [-0.1, -0.05) is 60.7 Å². The van der Waals surface area contributed by atoms with Gasteiger partial charge in [0.25, 0.3) is 0 Å². The van der Waals surface area contributed by atoms with E-state index in [-0.39, 0.29) is 18.5 Å². The predicted molar refractivity (Wildman–Crippen MR) is 143 cm³/mol. The Hall–Kier alpha value is -4.80. The second-order valence-electron chi connectivity index (χ2n) is 8.37. The molecule has 0 bridgehead atoms. The van der Waals surface area contributed by atoms with Gasteiger partial charge in [0, 0.05) is 17.3 Å². The molecule has 0 saturated heterocycles. The number of nitrogens with zero attached hydrogens (tertiary/aromatic N) is 4. The highest BCUT2D eigenvalue weighted by atomic mass is 16.5. The van der Waals surface area contributed by atoms with Crippen molar-refractivity contribution in [3.63, 3.8) is 0 Å². The van der Waals surface area contributed by atoms with E-state index in [1.54, 1.807) is 31.5 Å². The van der Waals surface area contributed by atoms with Gasteiger partial charge in [0.2, 0.25) is 11.9 Å². The van der Waals surface area contributed by atoms with Crippen LogP contribution in [0.25, 0.3) is 22.7 Å². The van der Waals surface area contributed by atoms with E-state index >= 15 is 0 Å². The average Bonchev–Trinajstić information content (AvgIpc) is 3.51. The summed E-state index contributed by atoms with van der Waals surface area (Å²) in [4.78, 5) is 17.6. The minimum absolute atomic E-state index is 0.195. The summed E-state index contributed by atoms with van der Waals surface area (Å²) in [6.45, 7) is -0.342. The fourth-order valence-corrected chi connectivity index (χ4v) is 3.94. The highest BCUT2D eigenvalue weighted by Crippen LogP contribution is 2.33. The van der Waals surface area contributed by atoms with Crippen LogP contribution < -0.4 is 15.4 Å². The Labute approximate surface area is 219 Å². The summed E-state index contributed by atoms with van der Waals surface area (Å²) in [5.41, 5.74) is 2.86. The first-order chi connectivity index (χ1) is 18.6. The summed E-state index contributed by atoms with van der Waals surface area (Å²) in [6, 6.07) is 23.3. The molecule has 2 atom stereocenters. The lowest BCUT2D eigenvalue weighted by Crippen LogP contribution is -2.32. The Balaban J connectivity index is 1.47. The second-order valence-corrected chi connectivity index (χ2v) is 8.37. The zero-order valence-corrected chi connectivity index (χ0v) is 20.5. The number of rotatable bonds is 10. The van der Waals surface area contributed by atoms with Crippen LogP contribution in [0.15, 0.2) is 95.9 Å². The third kappa shape index (κ3) is 5.61. The highest BCUT2D eigenvalue weighted by Gasteiger charge is 2.22. The molecule has 0 amide bonds. The molecule has 0 unspecified atom stereocenters. The van der Waals surface area contributed by atoms with Gasteiger partial charge in [0.1, 0.15) is 11.9 Å². The molecular weight excluding hydrogens is 484 g/mol. The number of anilines is 3. The smallest absolute Gasteiger partial charge is 0.232 e. The van der Waals surface area contributed by atoms with Crippen LogP contribution in [-0.4, -0.2) is 49.9 Å². The number of hydrogen-bond donors (Lipinski definition) is 4. The van der Waals surface area contributed by atoms with Gasteiger partial charge in [-0.25, -0.2) is 4.98 Å². The van der Waals surface area contributed by atoms with Crippen molar-refractivity contribution in [2.24, 2.45) is 0 Å². The van der Waals surface area contributed by atoms with E-state index in [1.807, 2.05) is 60.7 Å². The van der Waals surface area contributed by atoms with Gasteiger partial charge in [-0.05, 0) is 17.7 Å². The standard InChI is InChI=1S/C28H26N6O4/c1-37-23-14-20(12-13-21(23)24-15-29-17-38-24)30-27-32-26(19-10-6-3-7-11-19)33-28(34-27)31-22(16-35)25(36)18-8-4-2-5-9-18/h2-15,17,22,25,35-36H,16H2,1H3,(H2,30,31,32,33,34)/t22-,25-/m0/s1. The maximum atomic E-state index is 10.9. The van der Waals surface area contributed by atoms with Crippen molar-refractivity contribution in [1.82, 2.24) is 19.9 Å². The summed E-state index contributed by atoms with van der Waals surface area (Å²) in [5.74, 6) is 2.04. The predicted octanol–water partition coefficient (Wildman–Crippen LogP) is 4.45. The molecule has 4 N–H and O–H groups in total. The Kier molecular flexibility index (Phi) is 7.53. The quantitative estimate of drug-likeness (QED) is 0.213. The number of nitrogens with one attached hydrogen (secondary N) is 2. The lowest BCUT2D eigenvalue weighted by molar-refractivity contribution is 0.118. The molecule has 0 aliphatic heterocycles. The van der Waals surface area contributed by atoms with Crippen LogP contribution in [0.2, 0.25) is 0 Å². The molecule has 2 aromatic heterocycles. The van der Waals surface area contributed by atoms with E-state index in [1.165, 1.54) is 6.39 Å². The van der Waals surface area contributed by atoms with Crippen LogP contribution in [0, 0.1) is 0 Å². The average molecular weight is 511 g/mol. The van der Waals surface area contributed by atoms with Crippen molar-refractivity contribution in [2.45, 2.75) is 12.1 Å². The first-order valence-corrected chi connectivity index (χ1v) is 11.9. The molecule has 0 aliphatic rings. The molecule has 2 heterocycles. The van der Waals surface area contributed by atoms with Gasteiger partial charge in [-0.15, -0.1) is 0 Å². The largest absolute Gasteiger partial charge is 0.496 e. The number of aromatic nitrogens is 4. The minimum atomic E-state index is -0.984. The zero-order chi connectivity index (χ0) is 26.3. The molecule has 38 heavy (non-hydrogen) atoms. The van der Waals surface area contributed by atoms with E-state index < -0.39 is 12.1 Å². The van der Waals surface area contributed by atoms with Crippen LogP contribution in [0.5, 0.6) is 5.75 Å². The SMILES string of the molecule is COc1cc(Nc2nc(N[C@@H](CO)[C@@H](O)c3ccccc3)nc(-c3ccccc3)n2)ccc1-c1cnco1. The Morgan fingerprint density at radius 2 is 1.66 bits per heavy atom. The van der Waals surface area contributed by atoms with E-state index in [4.69, 9.17) is 9.15 Å².